The van der Waals surface area contributed by atoms with Gasteiger partial charge < -0.3 is 24.4 Å². The van der Waals surface area contributed by atoms with Gasteiger partial charge in [-0.1, -0.05) is 29.2 Å². The van der Waals surface area contributed by atoms with Crippen LogP contribution < -0.4 is 15.4 Å². The summed E-state index contributed by atoms with van der Waals surface area (Å²) in [6.07, 6.45) is -0.892. The Morgan fingerprint density at radius 1 is 1.17 bits per heavy atom. The van der Waals surface area contributed by atoms with Crippen molar-refractivity contribution < 1.29 is 28.6 Å². The number of amides is 2. The smallest absolute Gasteiger partial charge is 0.408 e. The number of aromatic nitrogens is 1. The summed E-state index contributed by atoms with van der Waals surface area (Å²) in [6, 6.07) is 10.6. The largest absolute Gasteiger partial charge is 0.497 e. The van der Waals surface area contributed by atoms with Gasteiger partial charge in [-0.15, -0.1) is 0 Å². The number of methoxy groups -OCH3 is 3. The lowest BCUT2D eigenvalue weighted by Gasteiger charge is -2.30. The normalized spacial score (nSPS) is 13.8. The molecule has 0 spiro atoms. The number of ether oxygens (including phenoxy) is 3. The van der Waals surface area contributed by atoms with Gasteiger partial charge in [0.25, 0.3) is 5.91 Å². The fourth-order valence-electron chi connectivity index (χ4n) is 3.85. The van der Waals surface area contributed by atoms with Crippen LogP contribution >= 0.6 is 11.3 Å². The first-order valence-corrected chi connectivity index (χ1v) is 11.7. The number of thiazole rings is 1. The van der Waals surface area contributed by atoms with Gasteiger partial charge in [0.15, 0.2) is 5.13 Å². The topological polar surface area (TPSA) is 119 Å². The van der Waals surface area contributed by atoms with Crippen LogP contribution in [0, 0.1) is 11.8 Å². The molecule has 2 amide bonds. The van der Waals surface area contributed by atoms with E-state index in [0.29, 0.717) is 16.9 Å². The van der Waals surface area contributed by atoms with Crippen molar-refractivity contribution in [2.45, 2.75) is 12.1 Å². The summed E-state index contributed by atoms with van der Waals surface area (Å²) in [5.74, 6) is 5.20. The molecule has 186 valence electrons. The quantitative estimate of drug-likeness (QED) is 0.385. The minimum absolute atomic E-state index is 0.223. The molecule has 0 aliphatic carbocycles. The number of nitrogens with zero attached hydrogens (tertiary/aromatic N) is 2. The maximum Gasteiger partial charge on any atom is 0.408 e. The third kappa shape index (κ3) is 4.76. The third-order valence-electron chi connectivity index (χ3n) is 5.68. The van der Waals surface area contributed by atoms with Gasteiger partial charge in [0.2, 0.25) is 5.54 Å². The van der Waals surface area contributed by atoms with Crippen molar-refractivity contribution in [3.63, 3.8) is 0 Å². The van der Waals surface area contributed by atoms with Crippen molar-refractivity contribution in [3.05, 3.63) is 53.1 Å². The zero-order chi connectivity index (χ0) is 25.9. The summed E-state index contributed by atoms with van der Waals surface area (Å²) >= 11 is 1.46. The number of hydrogen-bond acceptors (Lipinski definition) is 9. The average molecular weight is 509 g/mol. The Bertz CT molecular complexity index is 1410. The van der Waals surface area contributed by atoms with Gasteiger partial charge in [0, 0.05) is 24.7 Å². The van der Waals surface area contributed by atoms with E-state index in [2.05, 4.69) is 27.5 Å². The van der Waals surface area contributed by atoms with Crippen LogP contribution in [0.5, 0.6) is 5.75 Å². The Morgan fingerprint density at radius 3 is 2.67 bits per heavy atom. The van der Waals surface area contributed by atoms with Crippen molar-refractivity contribution in [2.24, 2.45) is 0 Å². The number of rotatable bonds is 6. The highest BCUT2D eigenvalue weighted by Gasteiger charge is 2.45. The van der Waals surface area contributed by atoms with Crippen LogP contribution in [0.4, 0.5) is 9.93 Å². The maximum atomic E-state index is 13.2. The lowest BCUT2D eigenvalue weighted by Crippen LogP contribution is -2.60. The predicted octanol–water partition coefficient (Wildman–Crippen LogP) is 2.62. The van der Waals surface area contributed by atoms with Crippen molar-refractivity contribution in [1.29, 1.82) is 0 Å². The number of alkyl carbamates (subject to hydrolysis) is 1. The third-order valence-corrected chi connectivity index (χ3v) is 6.72. The van der Waals surface area contributed by atoms with Gasteiger partial charge >= 0.3 is 12.1 Å². The highest BCUT2D eigenvalue weighted by atomic mass is 32.1. The Morgan fingerprint density at radius 2 is 1.97 bits per heavy atom. The zero-order valence-corrected chi connectivity index (χ0v) is 20.9. The van der Waals surface area contributed by atoms with Gasteiger partial charge in [-0.2, -0.15) is 0 Å². The molecule has 2 heterocycles. The second-order valence-electron chi connectivity index (χ2n) is 7.90. The first-order valence-electron chi connectivity index (χ1n) is 10.8. The highest BCUT2D eigenvalue weighted by Crippen LogP contribution is 2.29. The second-order valence-corrected chi connectivity index (χ2v) is 8.93. The van der Waals surface area contributed by atoms with E-state index >= 15 is 0 Å². The molecule has 11 heteroatoms. The monoisotopic (exact) mass is 508 g/mol. The van der Waals surface area contributed by atoms with Crippen molar-refractivity contribution in [3.8, 4) is 17.6 Å². The summed E-state index contributed by atoms with van der Waals surface area (Å²) < 4.78 is 15.9. The van der Waals surface area contributed by atoms with E-state index in [0.717, 1.165) is 20.9 Å². The molecular formula is C25H24N4O6S. The van der Waals surface area contributed by atoms with E-state index in [-0.39, 0.29) is 19.0 Å². The summed E-state index contributed by atoms with van der Waals surface area (Å²) in [6.45, 7) is -0.0363. The lowest BCUT2D eigenvalue weighted by atomic mass is 9.98. The molecule has 0 saturated carbocycles. The van der Waals surface area contributed by atoms with Gasteiger partial charge in [-0.05, 0) is 35.9 Å². The van der Waals surface area contributed by atoms with Crippen LogP contribution in [0.25, 0.3) is 10.2 Å². The molecule has 0 saturated heterocycles. The summed E-state index contributed by atoms with van der Waals surface area (Å²) in [4.78, 5) is 44.4. The molecule has 2 N–H and O–H groups in total. The van der Waals surface area contributed by atoms with Crippen LogP contribution in [-0.2, 0) is 20.8 Å². The molecule has 1 aromatic heterocycles. The minimum Gasteiger partial charge on any atom is -0.497 e. The molecule has 0 radical (unpaired) electrons. The molecule has 0 bridgehead atoms. The molecule has 4 rings (SSSR count). The van der Waals surface area contributed by atoms with Gasteiger partial charge in [0.1, 0.15) is 5.75 Å². The van der Waals surface area contributed by atoms with Gasteiger partial charge in [-0.3, -0.25) is 10.1 Å². The fourth-order valence-corrected chi connectivity index (χ4v) is 4.70. The number of carbonyl (C=O) groups excluding carboxylic acids is 3. The van der Waals surface area contributed by atoms with Crippen molar-refractivity contribution >= 4 is 44.7 Å². The van der Waals surface area contributed by atoms with Crippen molar-refractivity contribution in [1.82, 2.24) is 15.2 Å². The first-order chi connectivity index (χ1) is 17.3. The molecule has 36 heavy (non-hydrogen) atoms. The maximum absolute atomic E-state index is 13.2. The number of carbonyl (C=O) groups is 3. The number of benzene rings is 2. The fraction of sp³-hybridized carbons (Fsp3) is 0.280. The van der Waals surface area contributed by atoms with E-state index in [1.165, 1.54) is 37.6 Å². The van der Waals surface area contributed by atoms with Crippen LogP contribution in [0.15, 0.2) is 36.4 Å². The van der Waals surface area contributed by atoms with Crippen LogP contribution in [0.3, 0.4) is 0 Å². The summed E-state index contributed by atoms with van der Waals surface area (Å²) in [5, 5.41) is 6.27. The Balaban J connectivity index is 1.72. The second kappa shape index (κ2) is 10.1. The van der Waals surface area contributed by atoms with Crippen molar-refractivity contribution in [2.75, 3.05) is 40.2 Å². The number of nitrogens with one attached hydrogen (secondary N) is 2. The van der Waals surface area contributed by atoms with Crippen LogP contribution in [0.2, 0.25) is 0 Å². The standard InChI is InChI=1S/C25H24N4O6S/c1-26-23-27-19-8-5-15(11-20(19)36-23)9-10-25(22(31)34-3,28-24(32)35-4)14-29-13-16-6-7-17(33-2)12-18(16)21(29)30/h5-8,11-12H,13-14H2,1-4H3,(H,26,27)(H,28,32)/t25-/m1/s1. The zero-order valence-electron chi connectivity index (χ0n) is 20.1. The predicted molar refractivity (Wildman–Crippen MR) is 134 cm³/mol. The van der Waals surface area contributed by atoms with E-state index in [9.17, 15) is 14.4 Å². The van der Waals surface area contributed by atoms with Crippen LogP contribution in [-0.4, -0.2) is 68.3 Å². The van der Waals surface area contributed by atoms with E-state index in [1.54, 1.807) is 31.3 Å². The molecule has 1 aliphatic rings. The first kappa shape index (κ1) is 24.8. The summed E-state index contributed by atoms with van der Waals surface area (Å²) in [5.41, 5.74) is 0.728. The Hall–Kier alpha value is -4.30. The molecule has 3 aromatic rings. The molecule has 2 aromatic carbocycles. The minimum atomic E-state index is -1.89. The molecule has 10 nitrogen and oxygen atoms in total. The van der Waals surface area contributed by atoms with E-state index < -0.39 is 17.6 Å². The molecule has 1 atom stereocenters. The highest BCUT2D eigenvalue weighted by molar-refractivity contribution is 7.22. The molecular weight excluding hydrogens is 484 g/mol. The average Bonchev–Trinajstić information content (AvgIpc) is 3.46. The van der Waals surface area contributed by atoms with Crippen LogP contribution in [0.1, 0.15) is 21.5 Å². The lowest BCUT2D eigenvalue weighted by molar-refractivity contribution is -0.146. The SMILES string of the molecule is CNc1nc2ccc(C#C[C@](CN3Cc4ccc(OC)cc4C3=O)(NC(=O)OC)C(=O)OC)cc2s1. The molecule has 0 fully saturated rings. The Labute approximate surface area is 211 Å². The molecule has 0 unspecified atom stereocenters. The number of anilines is 1. The van der Waals surface area contributed by atoms with Gasteiger partial charge in [0.05, 0.1) is 38.1 Å². The summed E-state index contributed by atoms with van der Waals surface area (Å²) in [7, 11) is 5.66. The molecule has 1 aliphatic heterocycles. The number of esters is 1. The number of hydrogen-bond donors (Lipinski definition) is 2. The van der Waals surface area contributed by atoms with Gasteiger partial charge in [-0.25, -0.2) is 14.6 Å². The number of fused-ring (bicyclic) bond motifs is 2. The Kier molecular flexibility index (Phi) is 6.98. The van der Waals surface area contributed by atoms with E-state index in [4.69, 9.17) is 14.2 Å². The van der Waals surface area contributed by atoms with E-state index in [1.807, 2.05) is 12.1 Å².